The highest BCUT2D eigenvalue weighted by Crippen LogP contribution is 2.23. The van der Waals surface area contributed by atoms with Gasteiger partial charge in [-0.05, 0) is 31.6 Å². The predicted molar refractivity (Wildman–Crippen MR) is 75.4 cm³/mol. The van der Waals surface area contributed by atoms with Gasteiger partial charge in [-0.1, -0.05) is 20.8 Å². The third-order valence-corrected chi connectivity index (χ3v) is 4.77. The first-order valence-electron chi connectivity index (χ1n) is 6.67. The Balaban J connectivity index is 2.59. The Bertz CT molecular complexity index is 246. The number of nitrogens with zero attached hydrogens (tertiary/aromatic N) is 1. The van der Waals surface area contributed by atoms with Gasteiger partial charge in [-0.3, -0.25) is 4.79 Å². The Morgan fingerprint density at radius 2 is 2.24 bits per heavy atom. The molecule has 0 aromatic heterocycles. The molecular weight excluding hydrogens is 232 g/mol. The van der Waals surface area contributed by atoms with Crippen molar-refractivity contribution in [3.8, 4) is 0 Å². The summed E-state index contributed by atoms with van der Waals surface area (Å²) in [7, 11) is 1.99. The third-order valence-electron chi connectivity index (χ3n) is 3.34. The molecule has 2 atom stereocenters. The lowest BCUT2D eigenvalue weighted by atomic mass is 10.0. The maximum Gasteiger partial charge on any atom is 0.236 e. The maximum absolute atomic E-state index is 12.5. The van der Waals surface area contributed by atoms with Crippen LogP contribution in [0.4, 0.5) is 0 Å². The van der Waals surface area contributed by atoms with Gasteiger partial charge in [-0.2, -0.15) is 0 Å². The standard InChI is InChI=1S/C13H26N2OS/c1-5-17-12(10(2)3)13(16)15-8-6-7-11(9-15)14-4/h10-12,14H,5-9H2,1-4H3. The van der Waals surface area contributed by atoms with E-state index < -0.39 is 0 Å². The van der Waals surface area contributed by atoms with Gasteiger partial charge in [0.1, 0.15) is 0 Å². The Labute approximate surface area is 110 Å². The first-order chi connectivity index (χ1) is 8.10. The normalized spacial score (nSPS) is 22.9. The summed E-state index contributed by atoms with van der Waals surface area (Å²) in [5.41, 5.74) is 0. The minimum absolute atomic E-state index is 0.135. The first-order valence-corrected chi connectivity index (χ1v) is 7.72. The van der Waals surface area contributed by atoms with E-state index in [4.69, 9.17) is 0 Å². The summed E-state index contributed by atoms with van der Waals surface area (Å²) in [5.74, 6) is 1.77. The number of likely N-dealkylation sites (N-methyl/N-ethyl adjacent to an activating group) is 1. The van der Waals surface area contributed by atoms with E-state index in [2.05, 4.69) is 31.0 Å². The molecule has 1 amide bonds. The van der Waals surface area contributed by atoms with Crippen LogP contribution < -0.4 is 5.32 Å². The summed E-state index contributed by atoms with van der Waals surface area (Å²) < 4.78 is 0. The second-order valence-corrected chi connectivity index (χ2v) is 6.45. The zero-order chi connectivity index (χ0) is 12.8. The molecular formula is C13H26N2OS. The molecule has 1 aliphatic rings. The highest BCUT2D eigenvalue weighted by atomic mass is 32.2. The lowest BCUT2D eigenvalue weighted by Crippen LogP contribution is -2.50. The van der Waals surface area contributed by atoms with Crippen LogP contribution in [0.3, 0.4) is 0 Å². The molecule has 0 aromatic rings. The van der Waals surface area contributed by atoms with Gasteiger partial charge >= 0.3 is 0 Å². The van der Waals surface area contributed by atoms with Crippen molar-refractivity contribution in [2.24, 2.45) is 5.92 Å². The topological polar surface area (TPSA) is 32.3 Å². The van der Waals surface area contributed by atoms with E-state index in [1.165, 1.54) is 6.42 Å². The van der Waals surface area contributed by atoms with E-state index in [9.17, 15) is 4.79 Å². The van der Waals surface area contributed by atoms with Gasteiger partial charge in [0.15, 0.2) is 0 Å². The molecule has 1 saturated heterocycles. The molecule has 1 fully saturated rings. The molecule has 1 aliphatic heterocycles. The number of amides is 1. The molecule has 0 aromatic carbocycles. The largest absolute Gasteiger partial charge is 0.340 e. The molecule has 0 spiro atoms. The SMILES string of the molecule is CCSC(C(=O)N1CCCC(NC)C1)C(C)C. The van der Waals surface area contributed by atoms with Gasteiger partial charge < -0.3 is 10.2 Å². The number of thioether (sulfide) groups is 1. The quantitative estimate of drug-likeness (QED) is 0.818. The van der Waals surface area contributed by atoms with E-state index in [0.717, 1.165) is 25.3 Å². The van der Waals surface area contributed by atoms with Crippen molar-refractivity contribution in [2.45, 2.75) is 44.9 Å². The predicted octanol–water partition coefficient (Wildman–Crippen LogP) is 1.97. The average molecular weight is 258 g/mol. The Morgan fingerprint density at radius 1 is 1.53 bits per heavy atom. The number of nitrogens with one attached hydrogen (secondary N) is 1. The molecule has 1 rings (SSSR count). The summed E-state index contributed by atoms with van der Waals surface area (Å²) in [6.07, 6.45) is 2.31. The summed E-state index contributed by atoms with van der Waals surface area (Å²) in [5, 5.41) is 3.42. The smallest absolute Gasteiger partial charge is 0.236 e. The van der Waals surface area contributed by atoms with Crippen LogP contribution in [-0.4, -0.2) is 48.0 Å². The van der Waals surface area contributed by atoms with Crippen LogP contribution in [0.5, 0.6) is 0 Å². The molecule has 0 saturated carbocycles. The maximum atomic E-state index is 12.5. The number of hydrogen-bond acceptors (Lipinski definition) is 3. The zero-order valence-electron chi connectivity index (χ0n) is 11.5. The van der Waals surface area contributed by atoms with Crippen LogP contribution in [0.2, 0.25) is 0 Å². The number of hydrogen-bond donors (Lipinski definition) is 1. The number of piperidine rings is 1. The van der Waals surface area contributed by atoms with Crippen LogP contribution in [0.1, 0.15) is 33.6 Å². The van der Waals surface area contributed by atoms with Gasteiger partial charge in [0, 0.05) is 19.1 Å². The molecule has 1 N–H and O–H groups in total. The van der Waals surface area contributed by atoms with Crippen LogP contribution >= 0.6 is 11.8 Å². The highest BCUT2D eigenvalue weighted by Gasteiger charge is 2.30. The highest BCUT2D eigenvalue weighted by molar-refractivity contribution is 8.00. The fraction of sp³-hybridized carbons (Fsp3) is 0.923. The number of likely N-dealkylation sites (tertiary alicyclic amines) is 1. The molecule has 100 valence electrons. The molecule has 0 bridgehead atoms. The van der Waals surface area contributed by atoms with Gasteiger partial charge in [0.25, 0.3) is 0 Å². The second kappa shape index (κ2) is 7.27. The Hall–Kier alpha value is -0.220. The fourth-order valence-electron chi connectivity index (χ4n) is 2.32. The van der Waals surface area contributed by atoms with Gasteiger partial charge in [0.05, 0.1) is 5.25 Å². The molecule has 2 unspecified atom stereocenters. The number of rotatable bonds is 5. The van der Waals surface area contributed by atoms with E-state index in [-0.39, 0.29) is 5.25 Å². The number of carbonyl (C=O) groups is 1. The minimum atomic E-state index is 0.135. The summed E-state index contributed by atoms with van der Waals surface area (Å²) in [4.78, 5) is 14.5. The third kappa shape index (κ3) is 4.18. The van der Waals surface area contributed by atoms with Crippen LogP contribution in [-0.2, 0) is 4.79 Å². The first kappa shape index (κ1) is 14.8. The molecule has 0 radical (unpaired) electrons. The average Bonchev–Trinajstić information content (AvgIpc) is 2.34. The van der Waals surface area contributed by atoms with Crippen molar-refractivity contribution in [3.05, 3.63) is 0 Å². The van der Waals surface area contributed by atoms with Crippen LogP contribution in [0.25, 0.3) is 0 Å². The van der Waals surface area contributed by atoms with Crippen molar-refractivity contribution < 1.29 is 4.79 Å². The molecule has 1 heterocycles. The Kier molecular flexibility index (Phi) is 6.34. The van der Waals surface area contributed by atoms with E-state index in [0.29, 0.717) is 17.9 Å². The lowest BCUT2D eigenvalue weighted by molar-refractivity contribution is -0.132. The van der Waals surface area contributed by atoms with E-state index >= 15 is 0 Å². The fourth-order valence-corrected chi connectivity index (χ4v) is 3.36. The second-order valence-electron chi connectivity index (χ2n) is 5.03. The van der Waals surface area contributed by atoms with E-state index in [1.807, 2.05) is 7.05 Å². The monoisotopic (exact) mass is 258 g/mol. The minimum Gasteiger partial charge on any atom is -0.340 e. The molecule has 3 nitrogen and oxygen atoms in total. The van der Waals surface area contributed by atoms with Crippen molar-refractivity contribution in [1.29, 1.82) is 0 Å². The van der Waals surface area contributed by atoms with Crippen molar-refractivity contribution >= 4 is 17.7 Å². The van der Waals surface area contributed by atoms with Crippen molar-refractivity contribution in [1.82, 2.24) is 10.2 Å². The van der Waals surface area contributed by atoms with Gasteiger partial charge in [-0.25, -0.2) is 0 Å². The molecule has 17 heavy (non-hydrogen) atoms. The number of carbonyl (C=O) groups excluding carboxylic acids is 1. The van der Waals surface area contributed by atoms with Gasteiger partial charge in [0.2, 0.25) is 5.91 Å². The zero-order valence-corrected chi connectivity index (χ0v) is 12.3. The summed E-state index contributed by atoms with van der Waals surface area (Å²) in [6.45, 7) is 8.22. The Morgan fingerprint density at radius 3 is 2.76 bits per heavy atom. The van der Waals surface area contributed by atoms with E-state index in [1.54, 1.807) is 11.8 Å². The molecule has 0 aliphatic carbocycles. The van der Waals surface area contributed by atoms with Gasteiger partial charge in [-0.15, -0.1) is 11.8 Å². The van der Waals surface area contributed by atoms with Crippen LogP contribution in [0.15, 0.2) is 0 Å². The molecule has 4 heteroatoms. The van der Waals surface area contributed by atoms with Crippen molar-refractivity contribution in [2.75, 3.05) is 25.9 Å². The summed E-state index contributed by atoms with van der Waals surface area (Å²) in [6, 6.07) is 0.479. The summed E-state index contributed by atoms with van der Waals surface area (Å²) >= 11 is 1.78. The lowest BCUT2D eigenvalue weighted by Gasteiger charge is -2.35. The van der Waals surface area contributed by atoms with Crippen LogP contribution in [0, 0.1) is 5.92 Å². The van der Waals surface area contributed by atoms with Crippen molar-refractivity contribution in [3.63, 3.8) is 0 Å².